The number of hydrogen-bond donors (Lipinski definition) is 1. The van der Waals surface area contributed by atoms with E-state index in [1.54, 1.807) is 0 Å². The lowest BCUT2D eigenvalue weighted by molar-refractivity contribution is -0.165. The highest BCUT2D eigenvalue weighted by Crippen LogP contribution is 2.33. The van der Waals surface area contributed by atoms with E-state index in [9.17, 15) is 23.6 Å². The average molecular weight is 423 g/mol. The molecule has 1 saturated heterocycles. The molecule has 1 aliphatic rings. The quantitative estimate of drug-likeness (QED) is 0.698. The topological polar surface area (TPSA) is 139 Å². The number of hydrogen-bond acceptors (Lipinski definition) is 9. The number of halogens is 1. The fourth-order valence-electron chi connectivity index (χ4n) is 2.99. The summed E-state index contributed by atoms with van der Waals surface area (Å²) in [6.07, 6.45) is -2.32. The lowest BCUT2D eigenvalue weighted by Gasteiger charge is -2.23. The maximum absolute atomic E-state index is 14.6. The standard InChI is InChI=1S/C18H18FN3O8/c1-8-13(29-9(2)23)14(30-10(3)24)17(28-8)22-7-11(19)15(21-18(22)26)20-16(25)12-5-4-6-27-12/h4-8,13-14,17H,1-3H3,(H,20,21,25,26)/t8-,13?,14?,17-/m1/s1. The summed E-state index contributed by atoms with van der Waals surface area (Å²) < 4.78 is 36.1. The number of amides is 1. The number of ether oxygens (including phenoxy) is 3. The molecule has 0 spiro atoms. The van der Waals surface area contributed by atoms with Crippen LogP contribution in [0.4, 0.5) is 10.2 Å². The van der Waals surface area contributed by atoms with Gasteiger partial charge < -0.3 is 23.9 Å². The first kappa shape index (κ1) is 21.2. The molecule has 160 valence electrons. The zero-order chi connectivity index (χ0) is 22.0. The summed E-state index contributed by atoms with van der Waals surface area (Å²) in [6.45, 7) is 3.82. The van der Waals surface area contributed by atoms with Gasteiger partial charge in [-0.25, -0.2) is 9.18 Å². The number of furan rings is 1. The summed E-state index contributed by atoms with van der Waals surface area (Å²) in [7, 11) is 0. The zero-order valence-electron chi connectivity index (χ0n) is 16.2. The third kappa shape index (κ3) is 4.38. The first-order chi connectivity index (χ1) is 14.2. The van der Waals surface area contributed by atoms with Crippen LogP contribution in [0.5, 0.6) is 0 Å². The molecule has 12 heteroatoms. The lowest BCUT2D eigenvalue weighted by atomic mass is 10.1. The predicted molar refractivity (Wildman–Crippen MR) is 95.8 cm³/mol. The number of carbonyl (C=O) groups is 3. The van der Waals surface area contributed by atoms with Gasteiger partial charge in [-0.05, 0) is 19.1 Å². The van der Waals surface area contributed by atoms with Crippen molar-refractivity contribution in [2.24, 2.45) is 0 Å². The van der Waals surface area contributed by atoms with Crippen molar-refractivity contribution in [1.82, 2.24) is 9.55 Å². The van der Waals surface area contributed by atoms with Crippen molar-refractivity contribution in [3.05, 3.63) is 46.7 Å². The summed E-state index contributed by atoms with van der Waals surface area (Å²) in [5, 5.41) is 2.13. The third-order valence-electron chi connectivity index (χ3n) is 4.18. The van der Waals surface area contributed by atoms with Gasteiger partial charge in [-0.2, -0.15) is 4.98 Å². The number of aromatic nitrogens is 2. The summed E-state index contributed by atoms with van der Waals surface area (Å²) in [4.78, 5) is 50.9. The van der Waals surface area contributed by atoms with Gasteiger partial charge in [0.15, 0.2) is 35.8 Å². The summed E-state index contributed by atoms with van der Waals surface area (Å²) in [5.41, 5.74) is -0.996. The monoisotopic (exact) mass is 423 g/mol. The minimum absolute atomic E-state index is 0.104. The van der Waals surface area contributed by atoms with Crippen LogP contribution in [0, 0.1) is 5.82 Å². The zero-order valence-corrected chi connectivity index (χ0v) is 16.2. The van der Waals surface area contributed by atoms with Gasteiger partial charge in [0, 0.05) is 13.8 Å². The Balaban J connectivity index is 1.91. The van der Waals surface area contributed by atoms with E-state index in [0.717, 1.165) is 24.6 Å². The van der Waals surface area contributed by atoms with Crippen LogP contribution in [0.25, 0.3) is 0 Å². The Labute approximate surface area is 168 Å². The summed E-state index contributed by atoms with van der Waals surface area (Å²) in [6, 6.07) is 2.81. The number of nitrogens with one attached hydrogen (secondary N) is 1. The van der Waals surface area contributed by atoms with E-state index in [1.807, 2.05) is 0 Å². The van der Waals surface area contributed by atoms with E-state index in [4.69, 9.17) is 18.6 Å². The molecule has 1 fully saturated rings. The van der Waals surface area contributed by atoms with Gasteiger partial charge >= 0.3 is 17.6 Å². The summed E-state index contributed by atoms with van der Waals surface area (Å²) in [5.74, 6) is -3.95. The van der Waals surface area contributed by atoms with Crippen molar-refractivity contribution in [2.75, 3.05) is 5.32 Å². The van der Waals surface area contributed by atoms with Crippen molar-refractivity contribution < 1.29 is 37.4 Å². The molecule has 4 atom stereocenters. The molecule has 3 rings (SSSR count). The first-order valence-electron chi connectivity index (χ1n) is 8.80. The van der Waals surface area contributed by atoms with Crippen LogP contribution in [0.3, 0.4) is 0 Å². The predicted octanol–water partition coefficient (Wildman–Crippen LogP) is 1.01. The van der Waals surface area contributed by atoms with Crippen LogP contribution >= 0.6 is 0 Å². The van der Waals surface area contributed by atoms with Gasteiger partial charge in [0.2, 0.25) is 0 Å². The fourth-order valence-corrected chi connectivity index (χ4v) is 2.99. The maximum Gasteiger partial charge on any atom is 0.351 e. The fraction of sp³-hybridized carbons (Fsp3) is 0.389. The highest BCUT2D eigenvalue weighted by Gasteiger charge is 2.48. The van der Waals surface area contributed by atoms with Crippen LogP contribution in [-0.4, -0.2) is 45.7 Å². The Kier molecular flexibility index (Phi) is 5.96. The Hall–Kier alpha value is -3.54. The molecule has 2 aromatic rings. The van der Waals surface area contributed by atoms with E-state index in [1.165, 1.54) is 25.3 Å². The second-order valence-electron chi connectivity index (χ2n) is 6.44. The van der Waals surface area contributed by atoms with Crippen LogP contribution in [-0.2, 0) is 23.8 Å². The Morgan fingerprint density at radius 2 is 1.87 bits per heavy atom. The molecule has 1 aliphatic heterocycles. The molecule has 11 nitrogen and oxygen atoms in total. The summed E-state index contributed by atoms with van der Waals surface area (Å²) >= 11 is 0. The molecule has 1 amide bonds. The Bertz CT molecular complexity index is 1020. The van der Waals surface area contributed by atoms with Crippen molar-refractivity contribution in [3.63, 3.8) is 0 Å². The normalized spacial score (nSPS) is 23.1. The van der Waals surface area contributed by atoms with Crippen LogP contribution < -0.4 is 11.0 Å². The molecule has 0 saturated carbocycles. The van der Waals surface area contributed by atoms with Crippen LogP contribution in [0.15, 0.2) is 33.8 Å². The second-order valence-corrected chi connectivity index (χ2v) is 6.44. The van der Waals surface area contributed by atoms with Gasteiger partial charge in [-0.15, -0.1) is 0 Å². The van der Waals surface area contributed by atoms with E-state index >= 15 is 0 Å². The molecule has 0 aromatic carbocycles. The highest BCUT2D eigenvalue weighted by molar-refractivity contribution is 6.01. The van der Waals surface area contributed by atoms with Gasteiger partial charge in [0.1, 0.15) is 0 Å². The van der Waals surface area contributed by atoms with Crippen LogP contribution in [0.1, 0.15) is 37.6 Å². The lowest BCUT2D eigenvalue weighted by Crippen LogP contribution is -2.40. The number of anilines is 1. The van der Waals surface area contributed by atoms with Gasteiger partial charge in [0.25, 0.3) is 5.91 Å². The largest absolute Gasteiger partial charge is 0.459 e. The van der Waals surface area contributed by atoms with E-state index < -0.39 is 59.7 Å². The minimum atomic E-state index is -1.31. The highest BCUT2D eigenvalue weighted by atomic mass is 19.1. The second kappa shape index (κ2) is 8.45. The molecule has 2 unspecified atom stereocenters. The molecule has 0 bridgehead atoms. The molecule has 0 aliphatic carbocycles. The molecule has 30 heavy (non-hydrogen) atoms. The van der Waals surface area contributed by atoms with E-state index in [2.05, 4.69) is 10.3 Å². The molecule has 0 radical (unpaired) electrons. The van der Waals surface area contributed by atoms with Crippen molar-refractivity contribution in [1.29, 1.82) is 0 Å². The number of carbonyl (C=O) groups excluding carboxylic acids is 3. The van der Waals surface area contributed by atoms with Crippen molar-refractivity contribution >= 4 is 23.7 Å². The minimum Gasteiger partial charge on any atom is -0.459 e. The smallest absolute Gasteiger partial charge is 0.351 e. The number of nitrogens with zero attached hydrogens (tertiary/aromatic N) is 2. The molecule has 3 heterocycles. The van der Waals surface area contributed by atoms with E-state index in [-0.39, 0.29) is 5.76 Å². The Morgan fingerprint density at radius 1 is 1.20 bits per heavy atom. The van der Waals surface area contributed by atoms with Crippen molar-refractivity contribution in [2.45, 2.75) is 45.3 Å². The molecular formula is C18H18FN3O8. The van der Waals surface area contributed by atoms with Crippen molar-refractivity contribution in [3.8, 4) is 0 Å². The van der Waals surface area contributed by atoms with Crippen LogP contribution in [0.2, 0.25) is 0 Å². The van der Waals surface area contributed by atoms with E-state index in [0.29, 0.717) is 0 Å². The first-order valence-corrected chi connectivity index (χ1v) is 8.80. The SMILES string of the molecule is CC(=O)OC1C(OC(C)=O)[C@@H](C)O[C@H]1n1cc(F)c(NC(=O)c2ccco2)nc1=O. The maximum atomic E-state index is 14.6. The number of rotatable bonds is 5. The van der Waals surface area contributed by atoms with Gasteiger partial charge in [-0.3, -0.25) is 19.0 Å². The number of esters is 2. The molecular weight excluding hydrogens is 405 g/mol. The molecule has 1 N–H and O–H groups in total. The Morgan fingerprint density at radius 3 is 2.47 bits per heavy atom. The third-order valence-corrected chi connectivity index (χ3v) is 4.18. The molecule has 2 aromatic heterocycles. The average Bonchev–Trinajstić information content (AvgIpc) is 3.28. The van der Waals surface area contributed by atoms with Gasteiger partial charge in [-0.1, -0.05) is 0 Å². The van der Waals surface area contributed by atoms with Gasteiger partial charge in [0.05, 0.1) is 18.6 Å².